The third-order valence-corrected chi connectivity index (χ3v) is 1.87. The topological polar surface area (TPSA) is 0 Å². The van der Waals surface area contributed by atoms with E-state index in [-0.39, 0.29) is 0 Å². The molecule has 0 aromatic rings. The smallest absolute Gasteiger partial charge is 0.0279 e. The van der Waals surface area contributed by atoms with Crippen LogP contribution < -0.4 is 0 Å². The molecule has 0 heteroatoms. The normalized spacial score (nSPS) is 23.6. The molecular weight excluding hydrogens is 120 g/mol. The summed E-state index contributed by atoms with van der Waals surface area (Å²) in [5.41, 5.74) is 2.32. The van der Waals surface area contributed by atoms with Gasteiger partial charge in [0.2, 0.25) is 0 Å². The highest BCUT2D eigenvalue weighted by atomic mass is 14.0. The molecule has 54 valence electrons. The molecule has 0 aliphatic heterocycles. The van der Waals surface area contributed by atoms with Crippen molar-refractivity contribution in [2.45, 2.75) is 25.7 Å². The molecule has 10 heavy (non-hydrogen) atoms. The average molecular weight is 134 g/mol. The summed E-state index contributed by atoms with van der Waals surface area (Å²) in [5, 5.41) is 0. The monoisotopic (exact) mass is 134 g/mol. The SMILES string of the molecule is C=C1/C=C\CCCCC1=C. The Morgan fingerprint density at radius 2 is 2.00 bits per heavy atom. The van der Waals surface area contributed by atoms with Gasteiger partial charge in [-0.2, -0.15) is 0 Å². The zero-order valence-electron chi connectivity index (χ0n) is 6.40. The second kappa shape index (κ2) is 3.40. The first-order chi connectivity index (χ1) is 4.80. The molecular formula is C10H14. The number of allylic oxidation sites excluding steroid dienone is 4. The van der Waals surface area contributed by atoms with Crippen molar-refractivity contribution in [3.63, 3.8) is 0 Å². The van der Waals surface area contributed by atoms with E-state index < -0.39 is 0 Å². The van der Waals surface area contributed by atoms with E-state index in [1.165, 1.54) is 24.8 Å². The Hall–Kier alpha value is -0.780. The van der Waals surface area contributed by atoms with Crippen LogP contribution in [0.3, 0.4) is 0 Å². The Bertz CT molecular complexity index is 172. The largest absolute Gasteiger partial charge is 0.0953 e. The van der Waals surface area contributed by atoms with E-state index in [0.717, 1.165) is 12.0 Å². The molecule has 0 saturated heterocycles. The molecule has 0 saturated carbocycles. The maximum Gasteiger partial charge on any atom is -0.0279 e. The fraction of sp³-hybridized carbons (Fsp3) is 0.400. The van der Waals surface area contributed by atoms with Crippen LogP contribution in [0.1, 0.15) is 25.7 Å². The third kappa shape index (κ3) is 1.87. The Kier molecular flexibility index (Phi) is 2.49. The maximum absolute atomic E-state index is 3.95. The number of rotatable bonds is 0. The van der Waals surface area contributed by atoms with Crippen molar-refractivity contribution in [3.05, 3.63) is 36.5 Å². The summed E-state index contributed by atoms with van der Waals surface area (Å²) in [6.45, 7) is 7.86. The van der Waals surface area contributed by atoms with E-state index in [1.807, 2.05) is 0 Å². The molecule has 0 fully saturated rings. The van der Waals surface area contributed by atoms with Crippen LogP contribution in [0.15, 0.2) is 36.5 Å². The Labute approximate surface area is 62.9 Å². The van der Waals surface area contributed by atoms with Crippen molar-refractivity contribution in [3.8, 4) is 0 Å². The van der Waals surface area contributed by atoms with Crippen LogP contribution in [0.5, 0.6) is 0 Å². The molecule has 0 N–H and O–H groups in total. The molecule has 0 nitrogen and oxygen atoms in total. The zero-order chi connectivity index (χ0) is 7.40. The van der Waals surface area contributed by atoms with Crippen molar-refractivity contribution in [1.82, 2.24) is 0 Å². The summed E-state index contributed by atoms with van der Waals surface area (Å²) in [6, 6.07) is 0. The van der Waals surface area contributed by atoms with Gasteiger partial charge in [0.15, 0.2) is 0 Å². The predicted octanol–water partition coefficient (Wildman–Crippen LogP) is 3.23. The standard InChI is InChI=1S/C10H14/c1-9-7-5-3-4-6-8-10(9)2/h5,7H,1-4,6,8H2/b7-5-. The highest BCUT2D eigenvalue weighted by Crippen LogP contribution is 2.18. The first-order valence-electron chi connectivity index (χ1n) is 3.84. The average Bonchev–Trinajstić information content (AvgIpc) is 1.92. The quantitative estimate of drug-likeness (QED) is 0.477. The highest BCUT2D eigenvalue weighted by molar-refractivity contribution is 5.35. The minimum absolute atomic E-state index is 1.11. The second-order valence-corrected chi connectivity index (χ2v) is 2.78. The van der Waals surface area contributed by atoms with Gasteiger partial charge in [0.1, 0.15) is 0 Å². The molecule has 0 spiro atoms. The summed E-state index contributed by atoms with van der Waals surface area (Å²) >= 11 is 0. The number of hydrogen-bond acceptors (Lipinski definition) is 0. The first-order valence-corrected chi connectivity index (χ1v) is 3.84. The summed E-state index contributed by atoms with van der Waals surface area (Å²) in [6.07, 6.45) is 9.16. The van der Waals surface area contributed by atoms with Crippen LogP contribution in [0.25, 0.3) is 0 Å². The van der Waals surface area contributed by atoms with Crippen LogP contribution >= 0.6 is 0 Å². The molecule has 0 unspecified atom stereocenters. The minimum atomic E-state index is 1.11. The fourth-order valence-electron chi connectivity index (χ4n) is 1.10. The molecule has 1 aliphatic rings. The van der Waals surface area contributed by atoms with Crippen molar-refractivity contribution in [2.75, 3.05) is 0 Å². The molecule has 0 heterocycles. The van der Waals surface area contributed by atoms with Gasteiger partial charge in [0.05, 0.1) is 0 Å². The summed E-state index contributed by atoms with van der Waals surface area (Å²) in [5.74, 6) is 0. The van der Waals surface area contributed by atoms with Gasteiger partial charge in [-0.25, -0.2) is 0 Å². The minimum Gasteiger partial charge on any atom is -0.0953 e. The molecule has 0 atom stereocenters. The van der Waals surface area contributed by atoms with E-state index in [9.17, 15) is 0 Å². The van der Waals surface area contributed by atoms with Crippen LogP contribution in [0, 0.1) is 0 Å². The van der Waals surface area contributed by atoms with Crippen molar-refractivity contribution in [1.29, 1.82) is 0 Å². The van der Waals surface area contributed by atoms with Gasteiger partial charge >= 0.3 is 0 Å². The Morgan fingerprint density at radius 1 is 1.20 bits per heavy atom. The molecule has 0 aromatic heterocycles. The second-order valence-electron chi connectivity index (χ2n) is 2.78. The van der Waals surface area contributed by atoms with Gasteiger partial charge in [0.25, 0.3) is 0 Å². The van der Waals surface area contributed by atoms with Crippen molar-refractivity contribution >= 4 is 0 Å². The van der Waals surface area contributed by atoms with Gasteiger partial charge < -0.3 is 0 Å². The van der Waals surface area contributed by atoms with Crippen molar-refractivity contribution in [2.24, 2.45) is 0 Å². The lowest BCUT2D eigenvalue weighted by atomic mass is 9.99. The van der Waals surface area contributed by atoms with Gasteiger partial charge in [-0.3, -0.25) is 0 Å². The van der Waals surface area contributed by atoms with Gasteiger partial charge in [-0.1, -0.05) is 25.3 Å². The Morgan fingerprint density at radius 3 is 2.80 bits per heavy atom. The molecule has 1 rings (SSSR count). The molecule has 1 aliphatic carbocycles. The zero-order valence-corrected chi connectivity index (χ0v) is 6.40. The van der Waals surface area contributed by atoms with Gasteiger partial charge in [0, 0.05) is 0 Å². The summed E-state index contributed by atoms with van der Waals surface area (Å²) in [4.78, 5) is 0. The van der Waals surface area contributed by atoms with Crippen LogP contribution in [0.4, 0.5) is 0 Å². The van der Waals surface area contributed by atoms with Gasteiger partial charge in [-0.05, 0) is 36.8 Å². The molecule has 0 aromatic carbocycles. The molecule has 0 radical (unpaired) electrons. The predicted molar refractivity (Wildman–Crippen MR) is 45.9 cm³/mol. The van der Waals surface area contributed by atoms with Crippen LogP contribution in [0.2, 0.25) is 0 Å². The van der Waals surface area contributed by atoms with E-state index in [4.69, 9.17) is 0 Å². The first kappa shape index (κ1) is 7.33. The van der Waals surface area contributed by atoms with Crippen molar-refractivity contribution < 1.29 is 0 Å². The Balaban J connectivity index is 2.62. The highest BCUT2D eigenvalue weighted by Gasteiger charge is 1.98. The van der Waals surface area contributed by atoms with E-state index >= 15 is 0 Å². The van der Waals surface area contributed by atoms with Gasteiger partial charge in [-0.15, -0.1) is 0 Å². The third-order valence-electron chi connectivity index (χ3n) is 1.87. The molecule has 0 bridgehead atoms. The summed E-state index contributed by atoms with van der Waals surface area (Å²) in [7, 11) is 0. The van der Waals surface area contributed by atoms with E-state index in [1.54, 1.807) is 0 Å². The lowest BCUT2D eigenvalue weighted by molar-refractivity contribution is 0.741. The van der Waals surface area contributed by atoms with Crippen LogP contribution in [-0.4, -0.2) is 0 Å². The summed E-state index contributed by atoms with van der Waals surface area (Å²) < 4.78 is 0. The molecule has 0 amide bonds. The van der Waals surface area contributed by atoms with Crippen LogP contribution in [-0.2, 0) is 0 Å². The lowest BCUT2D eigenvalue weighted by Crippen LogP contribution is -1.87. The fourth-order valence-corrected chi connectivity index (χ4v) is 1.10. The lowest BCUT2D eigenvalue weighted by Gasteiger charge is -2.07. The van der Waals surface area contributed by atoms with E-state index in [0.29, 0.717) is 0 Å². The number of hydrogen-bond donors (Lipinski definition) is 0. The maximum atomic E-state index is 3.95. The van der Waals surface area contributed by atoms with E-state index in [2.05, 4.69) is 25.3 Å².